The lowest BCUT2D eigenvalue weighted by atomic mass is 10.1. The summed E-state index contributed by atoms with van der Waals surface area (Å²) in [7, 11) is 0. The van der Waals surface area contributed by atoms with Crippen LogP contribution in [0, 0.1) is 6.92 Å². The molecule has 1 aromatic heterocycles. The van der Waals surface area contributed by atoms with Crippen molar-refractivity contribution in [3.05, 3.63) is 51.5 Å². The number of thiazole rings is 1. The molecule has 0 saturated heterocycles. The summed E-state index contributed by atoms with van der Waals surface area (Å²) < 4.78 is 0. The van der Waals surface area contributed by atoms with Gasteiger partial charge in [-0.1, -0.05) is 17.7 Å². The van der Waals surface area contributed by atoms with Crippen LogP contribution in [0.1, 0.15) is 45.4 Å². The van der Waals surface area contributed by atoms with Gasteiger partial charge in [0.2, 0.25) is 0 Å². The van der Waals surface area contributed by atoms with E-state index in [0.717, 1.165) is 11.3 Å². The van der Waals surface area contributed by atoms with Gasteiger partial charge in [0.25, 0.3) is 5.91 Å². The highest BCUT2D eigenvalue weighted by molar-refractivity contribution is 7.09. The number of carbonyl (C=O) groups is 1. The minimum absolute atomic E-state index is 0.0373. The fourth-order valence-electron chi connectivity index (χ4n) is 1.98. The lowest BCUT2D eigenvalue weighted by Gasteiger charge is -2.04. The molecule has 3 nitrogen and oxygen atoms in total. The smallest absolute Gasteiger partial charge is 0.251 e. The lowest BCUT2D eigenvalue weighted by molar-refractivity contribution is 0.0950. The van der Waals surface area contributed by atoms with Crippen molar-refractivity contribution < 1.29 is 4.79 Å². The highest BCUT2D eigenvalue weighted by Crippen LogP contribution is 2.41. The van der Waals surface area contributed by atoms with Crippen molar-refractivity contribution in [2.75, 3.05) is 0 Å². The van der Waals surface area contributed by atoms with E-state index >= 15 is 0 Å². The summed E-state index contributed by atoms with van der Waals surface area (Å²) in [5.74, 6) is 0.649. The number of amides is 1. The number of nitrogens with zero attached hydrogens (tertiary/aromatic N) is 1. The highest BCUT2D eigenvalue weighted by atomic mass is 32.1. The third-order valence-electron chi connectivity index (χ3n) is 3.21. The third kappa shape index (κ3) is 3.01. The molecule has 19 heavy (non-hydrogen) atoms. The maximum atomic E-state index is 12.0. The van der Waals surface area contributed by atoms with Gasteiger partial charge in [0.15, 0.2) is 0 Å². The molecule has 1 N–H and O–H groups in total. The van der Waals surface area contributed by atoms with Crippen LogP contribution in [0.2, 0.25) is 0 Å². The topological polar surface area (TPSA) is 42.0 Å². The van der Waals surface area contributed by atoms with Gasteiger partial charge in [-0.05, 0) is 31.9 Å². The molecule has 0 spiro atoms. The molecule has 0 atom stereocenters. The van der Waals surface area contributed by atoms with Gasteiger partial charge in [-0.3, -0.25) is 4.79 Å². The Morgan fingerprint density at radius 3 is 3.05 bits per heavy atom. The van der Waals surface area contributed by atoms with Crippen LogP contribution in [0.5, 0.6) is 0 Å². The Morgan fingerprint density at radius 2 is 2.32 bits per heavy atom. The minimum Gasteiger partial charge on any atom is -0.346 e. The predicted molar refractivity (Wildman–Crippen MR) is 76.4 cm³/mol. The number of aromatic nitrogens is 1. The molecular weight excluding hydrogens is 256 g/mol. The molecule has 0 unspecified atom stereocenters. The molecule has 0 aliphatic heterocycles. The molecule has 1 heterocycles. The molecule has 0 bridgehead atoms. The normalized spacial score (nSPS) is 14.4. The molecule has 3 rings (SSSR count). The first kappa shape index (κ1) is 12.4. The van der Waals surface area contributed by atoms with E-state index in [1.807, 2.05) is 36.6 Å². The monoisotopic (exact) mass is 272 g/mol. The number of aryl methyl sites for hydroxylation is 1. The van der Waals surface area contributed by atoms with Crippen LogP contribution in [-0.4, -0.2) is 10.9 Å². The fourth-order valence-corrected chi connectivity index (χ4v) is 2.97. The van der Waals surface area contributed by atoms with Gasteiger partial charge in [-0.2, -0.15) is 0 Å². The Hall–Kier alpha value is -1.68. The Bertz CT molecular complexity index is 602. The van der Waals surface area contributed by atoms with Crippen molar-refractivity contribution in [1.82, 2.24) is 10.3 Å². The van der Waals surface area contributed by atoms with Crippen molar-refractivity contribution in [1.29, 1.82) is 0 Å². The molecule has 1 fully saturated rings. The van der Waals surface area contributed by atoms with Crippen LogP contribution in [0.15, 0.2) is 29.6 Å². The maximum absolute atomic E-state index is 12.0. The van der Waals surface area contributed by atoms with Crippen LogP contribution in [-0.2, 0) is 6.54 Å². The van der Waals surface area contributed by atoms with Crippen molar-refractivity contribution in [2.45, 2.75) is 32.2 Å². The fraction of sp³-hybridized carbons (Fsp3) is 0.333. The Kier molecular flexibility index (Phi) is 3.34. The van der Waals surface area contributed by atoms with E-state index in [4.69, 9.17) is 0 Å². The van der Waals surface area contributed by atoms with E-state index in [0.29, 0.717) is 18.0 Å². The predicted octanol–water partition coefficient (Wildman–Crippen LogP) is 3.26. The van der Waals surface area contributed by atoms with E-state index in [9.17, 15) is 4.79 Å². The first-order chi connectivity index (χ1) is 9.22. The van der Waals surface area contributed by atoms with Gasteiger partial charge >= 0.3 is 0 Å². The van der Waals surface area contributed by atoms with E-state index in [1.54, 1.807) is 11.3 Å². The summed E-state index contributed by atoms with van der Waals surface area (Å²) in [5, 5.41) is 6.19. The molecule has 1 aromatic carbocycles. The zero-order valence-corrected chi connectivity index (χ0v) is 11.7. The molecule has 1 aliphatic rings. The van der Waals surface area contributed by atoms with Crippen molar-refractivity contribution in [3.63, 3.8) is 0 Å². The Balaban J connectivity index is 1.60. The molecule has 1 saturated carbocycles. The summed E-state index contributed by atoms with van der Waals surface area (Å²) >= 11 is 1.71. The lowest BCUT2D eigenvalue weighted by Crippen LogP contribution is -2.22. The first-order valence-electron chi connectivity index (χ1n) is 6.51. The zero-order chi connectivity index (χ0) is 13.2. The Labute approximate surface area is 116 Å². The summed E-state index contributed by atoms with van der Waals surface area (Å²) in [6, 6.07) is 7.61. The van der Waals surface area contributed by atoms with Crippen molar-refractivity contribution >= 4 is 17.2 Å². The van der Waals surface area contributed by atoms with Crippen molar-refractivity contribution in [3.8, 4) is 0 Å². The van der Waals surface area contributed by atoms with Gasteiger partial charge in [0.1, 0.15) is 0 Å². The van der Waals surface area contributed by atoms with Gasteiger partial charge in [0.05, 0.1) is 17.2 Å². The third-order valence-corrected chi connectivity index (χ3v) is 4.26. The SMILES string of the molecule is Cc1cccc(C(=O)NCc2csc(C3CC3)n2)c1. The zero-order valence-electron chi connectivity index (χ0n) is 10.8. The molecule has 2 aromatic rings. The van der Waals surface area contributed by atoms with E-state index < -0.39 is 0 Å². The quantitative estimate of drug-likeness (QED) is 0.928. The number of hydrogen-bond acceptors (Lipinski definition) is 3. The number of carbonyl (C=O) groups excluding carboxylic acids is 1. The summed E-state index contributed by atoms with van der Waals surface area (Å²) in [6.45, 7) is 2.50. The Morgan fingerprint density at radius 1 is 1.47 bits per heavy atom. The van der Waals surface area contributed by atoms with E-state index in [-0.39, 0.29) is 5.91 Å². The second kappa shape index (κ2) is 5.13. The van der Waals surface area contributed by atoms with Crippen LogP contribution < -0.4 is 5.32 Å². The molecule has 4 heteroatoms. The molecule has 1 aliphatic carbocycles. The maximum Gasteiger partial charge on any atom is 0.251 e. The molecular formula is C15H16N2OS. The van der Waals surface area contributed by atoms with Gasteiger partial charge in [-0.25, -0.2) is 4.98 Å². The summed E-state index contributed by atoms with van der Waals surface area (Å²) in [6.07, 6.45) is 2.53. The number of hydrogen-bond donors (Lipinski definition) is 1. The van der Waals surface area contributed by atoms with E-state index in [1.165, 1.54) is 17.8 Å². The van der Waals surface area contributed by atoms with Crippen LogP contribution in [0.3, 0.4) is 0 Å². The van der Waals surface area contributed by atoms with E-state index in [2.05, 4.69) is 10.3 Å². The number of nitrogens with one attached hydrogen (secondary N) is 1. The summed E-state index contributed by atoms with van der Waals surface area (Å²) in [5.41, 5.74) is 2.77. The largest absolute Gasteiger partial charge is 0.346 e. The molecule has 1 amide bonds. The number of rotatable bonds is 4. The molecule has 0 radical (unpaired) electrons. The van der Waals surface area contributed by atoms with Crippen LogP contribution >= 0.6 is 11.3 Å². The van der Waals surface area contributed by atoms with Crippen LogP contribution in [0.4, 0.5) is 0 Å². The van der Waals surface area contributed by atoms with Gasteiger partial charge in [0, 0.05) is 16.9 Å². The van der Waals surface area contributed by atoms with Gasteiger partial charge < -0.3 is 5.32 Å². The molecule has 98 valence electrons. The minimum atomic E-state index is -0.0373. The average molecular weight is 272 g/mol. The highest BCUT2D eigenvalue weighted by Gasteiger charge is 2.26. The average Bonchev–Trinajstić information content (AvgIpc) is 3.15. The first-order valence-corrected chi connectivity index (χ1v) is 7.39. The number of benzene rings is 1. The second-order valence-corrected chi connectivity index (χ2v) is 5.89. The second-order valence-electron chi connectivity index (χ2n) is 5.00. The summed E-state index contributed by atoms with van der Waals surface area (Å²) in [4.78, 5) is 16.5. The standard InChI is InChI=1S/C15H16N2OS/c1-10-3-2-4-12(7-10)14(18)16-8-13-9-19-15(17-13)11-5-6-11/h2-4,7,9,11H,5-6,8H2,1H3,(H,16,18). The van der Waals surface area contributed by atoms with Crippen LogP contribution in [0.25, 0.3) is 0 Å². The van der Waals surface area contributed by atoms with Gasteiger partial charge in [-0.15, -0.1) is 11.3 Å². The van der Waals surface area contributed by atoms with Crippen molar-refractivity contribution in [2.24, 2.45) is 0 Å².